The summed E-state index contributed by atoms with van der Waals surface area (Å²) < 4.78 is 5.35. The highest BCUT2D eigenvalue weighted by Crippen LogP contribution is 2.26. The van der Waals surface area contributed by atoms with Gasteiger partial charge in [0.05, 0.1) is 12.7 Å². The Kier molecular flexibility index (Phi) is 4.43. The summed E-state index contributed by atoms with van der Waals surface area (Å²) in [6.45, 7) is 4.60. The minimum absolute atomic E-state index is 0.247. The van der Waals surface area contributed by atoms with Gasteiger partial charge in [0.2, 0.25) is 0 Å². The van der Waals surface area contributed by atoms with E-state index in [0.717, 1.165) is 12.8 Å². The molecule has 1 aliphatic carbocycles. The van der Waals surface area contributed by atoms with E-state index in [1.165, 1.54) is 12.8 Å². The van der Waals surface area contributed by atoms with Crippen molar-refractivity contribution < 1.29 is 9.53 Å². The van der Waals surface area contributed by atoms with Crippen LogP contribution in [0.15, 0.2) is 0 Å². The van der Waals surface area contributed by atoms with Crippen molar-refractivity contribution in [3.8, 4) is 0 Å². The second kappa shape index (κ2) is 5.38. The van der Waals surface area contributed by atoms with Gasteiger partial charge in [-0.25, -0.2) is 0 Å². The normalized spacial score (nSPS) is 18.4. The highest BCUT2D eigenvalue weighted by atomic mass is 16.5. The van der Waals surface area contributed by atoms with E-state index in [0.29, 0.717) is 24.7 Å². The van der Waals surface area contributed by atoms with Crippen LogP contribution in [0.2, 0.25) is 0 Å². The van der Waals surface area contributed by atoms with Gasteiger partial charge in [-0.1, -0.05) is 12.8 Å². The zero-order chi connectivity index (χ0) is 9.68. The molecule has 0 heterocycles. The van der Waals surface area contributed by atoms with E-state index in [4.69, 9.17) is 4.74 Å². The van der Waals surface area contributed by atoms with Crippen LogP contribution in [-0.2, 0) is 9.53 Å². The molecule has 1 fully saturated rings. The molecular formula is C11H20O2. The smallest absolute Gasteiger partial charge is 0.138 e. The number of ketones is 1. The van der Waals surface area contributed by atoms with Crippen LogP contribution in [0.3, 0.4) is 0 Å². The average Bonchev–Trinajstić information content (AvgIpc) is 2.55. The Hall–Kier alpha value is -0.370. The molecule has 0 N–H and O–H groups in total. The van der Waals surface area contributed by atoms with Crippen molar-refractivity contribution in [2.24, 2.45) is 5.92 Å². The summed E-state index contributed by atoms with van der Waals surface area (Å²) in [6, 6.07) is 0. The van der Waals surface area contributed by atoms with Crippen LogP contribution >= 0.6 is 0 Å². The molecule has 0 atom stereocenters. The molecule has 0 unspecified atom stereocenters. The Balaban J connectivity index is 2.10. The summed E-state index contributed by atoms with van der Waals surface area (Å²) in [5, 5.41) is 0. The van der Waals surface area contributed by atoms with E-state index in [9.17, 15) is 4.79 Å². The molecule has 2 heteroatoms. The highest BCUT2D eigenvalue weighted by molar-refractivity contribution is 5.81. The third kappa shape index (κ3) is 3.90. The van der Waals surface area contributed by atoms with Gasteiger partial charge < -0.3 is 4.74 Å². The number of rotatable bonds is 5. The maximum Gasteiger partial charge on any atom is 0.138 e. The predicted octanol–water partition coefficient (Wildman–Crippen LogP) is 2.56. The maximum atomic E-state index is 11.5. The fourth-order valence-corrected chi connectivity index (χ4v) is 1.85. The number of carbonyl (C=O) groups is 1. The number of hydrogen-bond donors (Lipinski definition) is 0. The van der Waals surface area contributed by atoms with Gasteiger partial charge in [-0.2, -0.15) is 0 Å². The van der Waals surface area contributed by atoms with E-state index in [1.54, 1.807) is 0 Å². The monoisotopic (exact) mass is 184 g/mol. The first-order valence-corrected chi connectivity index (χ1v) is 5.34. The van der Waals surface area contributed by atoms with Crippen molar-refractivity contribution in [2.75, 3.05) is 6.61 Å². The van der Waals surface area contributed by atoms with Crippen molar-refractivity contribution in [2.45, 2.75) is 52.1 Å². The molecule has 1 saturated carbocycles. The fraction of sp³-hybridized carbons (Fsp3) is 0.909. The molecule has 0 bridgehead atoms. The lowest BCUT2D eigenvalue weighted by Gasteiger charge is -2.09. The molecule has 13 heavy (non-hydrogen) atoms. The number of hydrogen-bond acceptors (Lipinski definition) is 2. The maximum absolute atomic E-state index is 11.5. The minimum Gasteiger partial charge on any atom is -0.378 e. The van der Waals surface area contributed by atoms with Gasteiger partial charge in [-0.3, -0.25) is 4.79 Å². The molecule has 0 aromatic carbocycles. The molecule has 1 rings (SSSR count). The largest absolute Gasteiger partial charge is 0.378 e. The number of Topliss-reactive ketones (excluding diaryl/α,β-unsaturated/α-hetero) is 1. The van der Waals surface area contributed by atoms with Crippen LogP contribution < -0.4 is 0 Å². The summed E-state index contributed by atoms with van der Waals surface area (Å²) in [5.41, 5.74) is 0. The summed E-state index contributed by atoms with van der Waals surface area (Å²) in [7, 11) is 0. The average molecular weight is 184 g/mol. The van der Waals surface area contributed by atoms with Crippen LogP contribution in [0.4, 0.5) is 0 Å². The van der Waals surface area contributed by atoms with Crippen molar-refractivity contribution in [1.82, 2.24) is 0 Å². The lowest BCUT2D eigenvalue weighted by molar-refractivity contribution is -0.124. The van der Waals surface area contributed by atoms with Gasteiger partial charge in [-0.05, 0) is 26.7 Å². The lowest BCUT2D eigenvalue weighted by atomic mass is 10.0. The highest BCUT2D eigenvalue weighted by Gasteiger charge is 2.21. The topological polar surface area (TPSA) is 26.3 Å². The quantitative estimate of drug-likeness (QED) is 0.656. The van der Waals surface area contributed by atoms with Gasteiger partial charge in [0.25, 0.3) is 0 Å². The van der Waals surface area contributed by atoms with Gasteiger partial charge in [0, 0.05) is 12.3 Å². The molecule has 1 aliphatic rings. The molecular weight excluding hydrogens is 164 g/mol. The Morgan fingerprint density at radius 3 is 2.54 bits per heavy atom. The summed E-state index contributed by atoms with van der Waals surface area (Å²) >= 11 is 0. The Morgan fingerprint density at radius 2 is 2.00 bits per heavy atom. The molecule has 0 saturated heterocycles. The standard InChI is InChI=1S/C11H20O2/c1-9(2)13-8-7-11(12)10-5-3-4-6-10/h9-10H,3-8H2,1-2H3. The van der Waals surface area contributed by atoms with Gasteiger partial charge >= 0.3 is 0 Å². The van der Waals surface area contributed by atoms with Gasteiger partial charge in [0.1, 0.15) is 5.78 Å². The molecule has 0 amide bonds. The summed E-state index contributed by atoms with van der Waals surface area (Å²) in [6.07, 6.45) is 5.56. The van der Waals surface area contributed by atoms with Crippen molar-refractivity contribution in [3.05, 3.63) is 0 Å². The third-order valence-corrected chi connectivity index (χ3v) is 2.61. The van der Waals surface area contributed by atoms with E-state index in [-0.39, 0.29) is 6.10 Å². The first-order valence-electron chi connectivity index (χ1n) is 5.34. The van der Waals surface area contributed by atoms with Crippen molar-refractivity contribution >= 4 is 5.78 Å². The molecule has 0 spiro atoms. The zero-order valence-electron chi connectivity index (χ0n) is 8.71. The van der Waals surface area contributed by atoms with Crippen LogP contribution in [0.5, 0.6) is 0 Å². The van der Waals surface area contributed by atoms with Crippen molar-refractivity contribution in [3.63, 3.8) is 0 Å². The third-order valence-electron chi connectivity index (χ3n) is 2.61. The molecule has 76 valence electrons. The summed E-state index contributed by atoms with van der Waals surface area (Å²) in [4.78, 5) is 11.5. The van der Waals surface area contributed by atoms with Crippen LogP contribution in [0, 0.1) is 5.92 Å². The number of carbonyl (C=O) groups excluding carboxylic acids is 1. The van der Waals surface area contributed by atoms with E-state index in [2.05, 4.69) is 0 Å². The lowest BCUT2D eigenvalue weighted by Crippen LogP contribution is -2.15. The number of ether oxygens (including phenoxy) is 1. The van der Waals surface area contributed by atoms with Gasteiger partial charge in [-0.15, -0.1) is 0 Å². The molecule has 0 aromatic heterocycles. The molecule has 0 radical (unpaired) electrons. The fourth-order valence-electron chi connectivity index (χ4n) is 1.85. The van der Waals surface area contributed by atoms with Crippen LogP contribution in [0.25, 0.3) is 0 Å². The Labute approximate surface area is 80.7 Å². The molecule has 2 nitrogen and oxygen atoms in total. The van der Waals surface area contributed by atoms with Crippen molar-refractivity contribution in [1.29, 1.82) is 0 Å². The second-order valence-electron chi connectivity index (χ2n) is 4.12. The van der Waals surface area contributed by atoms with E-state index in [1.807, 2.05) is 13.8 Å². The first kappa shape index (κ1) is 10.7. The zero-order valence-corrected chi connectivity index (χ0v) is 8.71. The van der Waals surface area contributed by atoms with Gasteiger partial charge in [0.15, 0.2) is 0 Å². The molecule has 0 aromatic rings. The van der Waals surface area contributed by atoms with Crippen LogP contribution in [-0.4, -0.2) is 18.5 Å². The summed E-state index contributed by atoms with van der Waals surface area (Å²) in [5.74, 6) is 0.772. The SMILES string of the molecule is CC(C)OCCC(=O)C1CCCC1. The Bertz CT molecular complexity index is 157. The Morgan fingerprint density at radius 1 is 1.38 bits per heavy atom. The van der Waals surface area contributed by atoms with E-state index >= 15 is 0 Å². The molecule has 0 aliphatic heterocycles. The van der Waals surface area contributed by atoms with Crippen LogP contribution in [0.1, 0.15) is 46.0 Å². The van der Waals surface area contributed by atoms with E-state index < -0.39 is 0 Å². The minimum atomic E-state index is 0.247. The predicted molar refractivity (Wildman–Crippen MR) is 52.7 cm³/mol. The second-order valence-corrected chi connectivity index (χ2v) is 4.12. The first-order chi connectivity index (χ1) is 6.20.